The van der Waals surface area contributed by atoms with Crippen molar-refractivity contribution >= 4 is 10.0 Å². The fourth-order valence-corrected chi connectivity index (χ4v) is 4.31. The molecule has 0 bridgehead atoms. The second kappa shape index (κ2) is 8.22. The summed E-state index contributed by atoms with van der Waals surface area (Å²) >= 11 is 0. The van der Waals surface area contributed by atoms with Gasteiger partial charge in [-0.3, -0.25) is 0 Å². The van der Waals surface area contributed by atoms with Crippen molar-refractivity contribution in [2.75, 3.05) is 32.8 Å². The molecule has 1 saturated heterocycles. The first-order valence-corrected chi connectivity index (χ1v) is 9.88. The predicted octanol–water partition coefficient (Wildman–Crippen LogP) is 0.900. The first-order chi connectivity index (χ1) is 12.5. The minimum atomic E-state index is -4.22. The highest BCUT2D eigenvalue weighted by atomic mass is 32.2. The lowest BCUT2D eigenvalue weighted by atomic mass is 10.1. The van der Waals surface area contributed by atoms with Crippen molar-refractivity contribution in [3.63, 3.8) is 0 Å². The summed E-state index contributed by atoms with van der Waals surface area (Å²) in [5.41, 5.74) is 0.770. The molecule has 0 saturated carbocycles. The van der Waals surface area contributed by atoms with Crippen LogP contribution in [-0.2, 0) is 14.8 Å². The molecule has 3 rings (SSSR count). The van der Waals surface area contributed by atoms with Crippen LogP contribution in [0.4, 0.5) is 8.78 Å². The Labute approximate surface area is 151 Å². The van der Waals surface area contributed by atoms with Gasteiger partial charge in [-0.25, -0.2) is 17.2 Å². The van der Waals surface area contributed by atoms with Crippen molar-refractivity contribution in [2.24, 2.45) is 0 Å². The number of benzene rings is 2. The van der Waals surface area contributed by atoms with Crippen LogP contribution in [0.15, 0.2) is 53.4 Å². The molecule has 0 aliphatic carbocycles. The zero-order valence-electron chi connectivity index (χ0n) is 14.1. The molecule has 0 amide bonds. The van der Waals surface area contributed by atoms with E-state index < -0.39 is 32.6 Å². The molecule has 140 valence electrons. The zero-order valence-corrected chi connectivity index (χ0v) is 14.9. The van der Waals surface area contributed by atoms with Crippen molar-refractivity contribution in [2.45, 2.75) is 10.9 Å². The number of quaternary nitrogens is 1. The third-order valence-electron chi connectivity index (χ3n) is 4.37. The van der Waals surface area contributed by atoms with Crippen LogP contribution < -0.4 is 9.62 Å². The van der Waals surface area contributed by atoms with Gasteiger partial charge in [-0.15, -0.1) is 0 Å². The first-order valence-electron chi connectivity index (χ1n) is 8.39. The third-order valence-corrected chi connectivity index (χ3v) is 5.86. The lowest BCUT2D eigenvalue weighted by Crippen LogP contribution is -3.14. The Morgan fingerprint density at radius 3 is 2.46 bits per heavy atom. The topological polar surface area (TPSA) is 59.8 Å². The van der Waals surface area contributed by atoms with E-state index in [1.54, 1.807) is 0 Å². The van der Waals surface area contributed by atoms with Crippen molar-refractivity contribution in [1.82, 2.24) is 4.72 Å². The van der Waals surface area contributed by atoms with Crippen LogP contribution in [0.1, 0.15) is 11.6 Å². The van der Waals surface area contributed by atoms with Crippen LogP contribution in [0, 0.1) is 11.6 Å². The molecular formula is C18H21F2N2O3S+. The number of halogens is 2. The van der Waals surface area contributed by atoms with Crippen molar-refractivity contribution < 1.29 is 26.8 Å². The smallest absolute Gasteiger partial charge is 0.244 e. The van der Waals surface area contributed by atoms with E-state index in [1.807, 2.05) is 30.3 Å². The van der Waals surface area contributed by atoms with E-state index in [1.165, 1.54) is 4.90 Å². The van der Waals surface area contributed by atoms with Crippen LogP contribution in [-0.4, -0.2) is 41.3 Å². The summed E-state index contributed by atoms with van der Waals surface area (Å²) in [6.07, 6.45) is 0. The fraction of sp³-hybridized carbons (Fsp3) is 0.333. The standard InChI is InChI=1S/C18H20F2N2O3S/c19-15-6-7-16(20)18(12-15)26(23,24)21-17(14-4-2-1-3-5-14)13-22-8-10-25-11-9-22/h1-7,12,17,21H,8-11,13H2/p+1/t17-/m1/s1. The third kappa shape index (κ3) is 4.64. The molecule has 1 atom stereocenters. The Balaban J connectivity index is 1.87. The SMILES string of the molecule is O=S(=O)(N[C@H](C[NH+]1CCOCC1)c1ccccc1)c1cc(F)ccc1F. The van der Waals surface area contributed by atoms with Crippen molar-refractivity contribution in [3.05, 3.63) is 65.7 Å². The van der Waals surface area contributed by atoms with E-state index in [-0.39, 0.29) is 0 Å². The van der Waals surface area contributed by atoms with Gasteiger partial charge in [0.2, 0.25) is 10.0 Å². The second-order valence-corrected chi connectivity index (χ2v) is 7.91. The van der Waals surface area contributed by atoms with Gasteiger partial charge in [0.1, 0.15) is 29.6 Å². The van der Waals surface area contributed by atoms with E-state index in [0.717, 1.165) is 30.8 Å². The molecule has 2 N–H and O–H groups in total. The molecule has 2 aromatic carbocycles. The molecule has 0 spiro atoms. The molecule has 1 aliphatic heterocycles. The minimum absolute atomic E-state index is 0.490. The summed E-state index contributed by atoms with van der Waals surface area (Å²) < 4.78 is 60.6. The number of ether oxygens (including phenoxy) is 1. The molecule has 1 fully saturated rings. The Kier molecular flexibility index (Phi) is 5.98. The normalized spacial score (nSPS) is 17.2. The molecule has 26 heavy (non-hydrogen) atoms. The Morgan fingerprint density at radius 2 is 1.77 bits per heavy atom. The first kappa shape index (κ1) is 18.9. The second-order valence-electron chi connectivity index (χ2n) is 6.23. The summed E-state index contributed by atoms with van der Waals surface area (Å²) in [6, 6.07) is 10.9. The molecule has 5 nitrogen and oxygen atoms in total. The molecule has 0 unspecified atom stereocenters. The number of hydrogen-bond donors (Lipinski definition) is 2. The molecule has 1 heterocycles. The van der Waals surface area contributed by atoms with E-state index in [0.29, 0.717) is 25.8 Å². The van der Waals surface area contributed by atoms with Crippen LogP contribution in [0.25, 0.3) is 0 Å². The summed E-state index contributed by atoms with van der Waals surface area (Å²) in [5.74, 6) is -1.79. The van der Waals surface area contributed by atoms with E-state index >= 15 is 0 Å². The van der Waals surface area contributed by atoms with Gasteiger partial charge < -0.3 is 9.64 Å². The lowest BCUT2D eigenvalue weighted by molar-refractivity contribution is -0.909. The molecule has 1 aliphatic rings. The van der Waals surface area contributed by atoms with E-state index in [4.69, 9.17) is 4.74 Å². The number of hydrogen-bond acceptors (Lipinski definition) is 3. The van der Waals surface area contributed by atoms with E-state index in [2.05, 4.69) is 4.72 Å². The molecule has 0 radical (unpaired) electrons. The van der Waals surface area contributed by atoms with Gasteiger partial charge in [-0.1, -0.05) is 30.3 Å². The highest BCUT2D eigenvalue weighted by Gasteiger charge is 2.28. The van der Waals surface area contributed by atoms with Crippen molar-refractivity contribution in [3.8, 4) is 0 Å². The van der Waals surface area contributed by atoms with Crippen LogP contribution in [0.2, 0.25) is 0 Å². The lowest BCUT2D eigenvalue weighted by Gasteiger charge is -2.28. The largest absolute Gasteiger partial charge is 0.370 e. The van der Waals surface area contributed by atoms with Crippen LogP contribution in [0.5, 0.6) is 0 Å². The zero-order chi connectivity index (χ0) is 18.6. The van der Waals surface area contributed by atoms with E-state index in [9.17, 15) is 17.2 Å². The van der Waals surface area contributed by atoms with Gasteiger partial charge in [-0.2, -0.15) is 4.72 Å². The molecule has 8 heteroatoms. The summed E-state index contributed by atoms with van der Waals surface area (Å²) in [4.78, 5) is 0.503. The molecule has 0 aromatic heterocycles. The maximum atomic E-state index is 14.0. The Bertz CT molecular complexity index is 841. The van der Waals surface area contributed by atoms with Gasteiger partial charge in [0.25, 0.3) is 0 Å². The van der Waals surface area contributed by atoms with Crippen LogP contribution >= 0.6 is 0 Å². The monoisotopic (exact) mass is 383 g/mol. The van der Waals surface area contributed by atoms with Crippen molar-refractivity contribution in [1.29, 1.82) is 0 Å². The summed E-state index contributed by atoms with van der Waals surface area (Å²) in [6.45, 7) is 3.24. The quantitative estimate of drug-likeness (QED) is 0.779. The summed E-state index contributed by atoms with van der Waals surface area (Å²) in [5, 5.41) is 0. The van der Waals surface area contributed by atoms with Gasteiger partial charge in [-0.05, 0) is 23.8 Å². The number of nitrogens with one attached hydrogen (secondary N) is 2. The average Bonchev–Trinajstić information content (AvgIpc) is 2.64. The van der Waals surface area contributed by atoms with Gasteiger partial charge in [0, 0.05) is 0 Å². The number of rotatable bonds is 6. The number of sulfonamides is 1. The molecule has 2 aromatic rings. The Morgan fingerprint density at radius 1 is 1.08 bits per heavy atom. The predicted molar refractivity (Wildman–Crippen MR) is 92.2 cm³/mol. The van der Waals surface area contributed by atoms with Gasteiger partial charge in [0.15, 0.2) is 0 Å². The maximum Gasteiger partial charge on any atom is 0.244 e. The fourth-order valence-electron chi connectivity index (χ4n) is 3.00. The van der Waals surface area contributed by atoms with Gasteiger partial charge in [0.05, 0.1) is 25.8 Å². The average molecular weight is 383 g/mol. The van der Waals surface area contributed by atoms with Gasteiger partial charge >= 0.3 is 0 Å². The highest BCUT2D eigenvalue weighted by Crippen LogP contribution is 2.19. The Hall–Kier alpha value is -1.87. The highest BCUT2D eigenvalue weighted by molar-refractivity contribution is 7.89. The van der Waals surface area contributed by atoms with Crippen LogP contribution in [0.3, 0.4) is 0 Å². The summed E-state index contributed by atoms with van der Waals surface area (Å²) in [7, 11) is -4.22. The number of morpholine rings is 1. The minimum Gasteiger partial charge on any atom is -0.370 e. The molecular weight excluding hydrogens is 362 g/mol. The maximum absolute atomic E-state index is 14.0.